The Hall–Kier alpha value is -2.85. The number of hydrogen-bond donors (Lipinski definition) is 1. The highest BCUT2D eigenvalue weighted by atomic mass is 32.2. The van der Waals surface area contributed by atoms with Gasteiger partial charge in [-0.3, -0.25) is 9.59 Å². The van der Waals surface area contributed by atoms with E-state index in [2.05, 4.69) is 5.32 Å². The van der Waals surface area contributed by atoms with E-state index in [1.807, 2.05) is 19.1 Å². The fourth-order valence-electron chi connectivity index (χ4n) is 4.25. The van der Waals surface area contributed by atoms with Crippen molar-refractivity contribution in [2.45, 2.75) is 38.5 Å². The van der Waals surface area contributed by atoms with E-state index < -0.39 is 27.6 Å². The van der Waals surface area contributed by atoms with Crippen LogP contribution in [0.15, 0.2) is 35.2 Å². The lowest BCUT2D eigenvalue weighted by molar-refractivity contribution is -0.132. The predicted molar refractivity (Wildman–Crippen MR) is 124 cm³/mol. The van der Waals surface area contributed by atoms with Crippen LogP contribution >= 0.6 is 0 Å². The number of piperazine rings is 1. The Bertz CT molecular complexity index is 1170. The molecule has 184 valence electrons. The Morgan fingerprint density at radius 1 is 0.971 bits per heavy atom. The number of amides is 2. The molecule has 0 bridgehead atoms. The van der Waals surface area contributed by atoms with Crippen molar-refractivity contribution in [2.24, 2.45) is 0 Å². The topological polar surface area (TPSA) is 86.8 Å². The third kappa shape index (κ3) is 5.79. The number of hydrogen-bond acceptors (Lipinski definition) is 4. The minimum Gasteiger partial charge on any atom is -0.352 e. The van der Waals surface area contributed by atoms with Gasteiger partial charge in [0.2, 0.25) is 15.9 Å². The molecule has 3 rings (SSSR count). The number of sulfonamides is 1. The van der Waals surface area contributed by atoms with E-state index in [1.54, 1.807) is 18.7 Å². The lowest BCUT2D eigenvalue weighted by atomic mass is 10.1. The molecule has 0 saturated carbocycles. The van der Waals surface area contributed by atoms with Crippen molar-refractivity contribution in [3.05, 3.63) is 64.2 Å². The molecular formula is C24H29F2N3O4S. The van der Waals surface area contributed by atoms with Gasteiger partial charge < -0.3 is 10.2 Å². The zero-order chi connectivity index (χ0) is 25.0. The molecule has 1 aliphatic rings. The molecule has 34 heavy (non-hydrogen) atoms. The predicted octanol–water partition coefficient (Wildman–Crippen LogP) is 2.93. The third-order valence-electron chi connectivity index (χ3n) is 5.82. The fraction of sp³-hybridized carbons (Fsp3) is 0.417. The highest BCUT2D eigenvalue weighted by molar-refractivity contribution is 7.89. The summed E-state index contributed by atoms with van der Waals surface area (Å²) in [7, 11) is -3.66. The Kier molecular flexibility index (Phi) is 8.04. The average Bonchev–Trinajstić information content (AvgIpc) is 2.75. The van der Waals surface area contributed by atoms with Gasteiger partial charge in [-0.1, -0.05) is 17.7 Å². The van der Waals surface area contributed by atoms with Crippen LogP contribution in [0.2, 0.25) is 0 Å². The Morgan fingerprint density at radius 3 is 2.18 bits per heavy atom. The van der Waals surface area contributed by atoms with Crippen LogP contribution in [0.1, 0.15) is 39.9 Å². The van der Waals surface area contributed by atoms with Gasteiger partial charge in [-0.15, -0.1) is 0 Å². The second kappa shape index (κ2) is 10.6. The fourth-order valence-corrected chi connectivity index (χ4v) is 6.08. The van der Waals surface area contributed by atoms with Crippen LogP contribution in [0, 0.1) is 32.4 Å². The van der Waals surface area contributed by atoms with Crippen molar-refractivity contribution in [1.82, 2.24) is 14.5 Å². The van der Waals surface area contributed by atoms with E-state index in [0.29, 0.717) is 28.5 Å². The Morgan fingerprint density at radius 2 is 1.59 bits per heavy atom. The highest BCUT2D eigenvalue weighted by Crippen LogP contribution is 2.26. The molecule has 1 fully saturated rings. The summed E-state index contributed by atoms with van der Waals surface area (Å²) in [4.78, 5) is 26.5. The van der Waals surface area contributed by atoms with Crippen LogP contribution in [0.3, 0.4) is 0 Å². The summed E-state index contributed by atoms with van der Waals surface area (Å²) in [6.45, 7) is 6.65. The molecule has 1 N–H and O–H groups in total. The van der Waals surface area contributed by atoms with Gasteiger partial charge in [-0.2, -0.15) is 4.31 Å². The maximum absolute atomic E-state index is 13.7. The minimum atomic E-state index is -3.66. The van der Waals surface area contributed by atoms with Gasteiger partial charge >= 0.3 is 0 Å². The van der Waals surface area contributed by atoms with Crippen molar-refractivity contribution in [3.8, 4) is 0 Å². The first-order valence-corrected chi connectivity index (χ1v) is 12.5. The molecule has 0 spiro atoms. The molecule has 0 atom stereocenters. The van der Waals surface area contributed by atoms with Crippen LogP contribution in [0.4, 0.5) is 8.78 Å². The molecule has 1 heterocycles. The molecule has 7 nitrogen and oxygen atoms in total. The SMILES string of the molecule is Cc1cc(C)c(S(=O)(=O)N2CCN(C(=O)CCCNC(=O)c3ccc(F)cc3F)CC2)c(C)c1. The van der Waals surface area contributed by atoms with Crippen molar-refractivity contribution < 1.29 is 26.8 Å². The smallest absolute Gasteiger partial charge is 0.254 e. The largest absolute Gasteiger partial charge is 0.352 e. The summed E-state index contributed by atoms with van der Waals surface area (Å²) in [6.07, 6.45) is 0.503. The molecule has 0 aliphatic carbocycles. The third-order valence-corrected chi connectivity index (χ3v) is 8.03. The molecule has 2 amide bonds. The van der Waals surface area contributed by atoms with Crippen molar-refractivity contribution in [3.63, 3.8) is 0 Å². The summed E-state index contributed by atoms with van der Waals surface area (Å²) < 4.78 is 54.4. The second-order valence-electron chi connectivity index (χ2n) is 8.50. The average molecular weight is 494 g/mol. The number of aryl methyl sites for hydroxylation is 3. The molecule has 10 heteroatoms. The van der Waals surface area contributed by atoms with E-state index >= 15 is 0 Å². The Balaban J connectivity index is 1.48. The van der Waals surface area contributed by atoms with Crippen LogP contribution in [0.25, 0.3) is 0 Å². The zero-order valence-electron chi connectivity index (χ0n) is 19.5. The summed E-state index contributed by atoms with van der Waals surface area (Å²) in [5, 5.41) is 2.52. The van der Waals surface area contributed by atoms with Crippen LogP contribution < -0.4 is 5.32 Å². The maximum atomic E-state index is 13.7. The van der Waals surface area contributed by atoms with Gasteiger partial charge in [0.15, 0.2) is 0 Å². The quantitative estimate of drug-likeness (QED) is 0.601. The first-order valence-electron chi connectivity index (χ1n) is 11.1. The summed E-state index contributed by atoms with van der Waals surface area (Å²) in [5.74, 6) is -2.53. The standard InChI is InChI=1S/C24H29F2N3O4S/c1-16-13-17(2)23(18(3)14-16)34(32,33)29-11-9-28(10-12-29)22(30)5-4-8-27-24(31)20-7-6-19(25)15-21(20)26/h6-7,13-15H,4-5,8-12H2,1-3H3,(H,27,31). The first kappa shape index (κ1) is 25.8. The number of carbonyl (C=O) groups excluding carboxylic acids is 2. The van der Waals surface area contributed by atoms with E-state index in [1.165, 1.54) is 4.31 Å². The number of rotatable bonds is 7. The second-order valence-corrected chi connectivity index (χ2v) is 10.4. The van der Waals surface area contributed by atoms with E-state index in [4.69, 9.17) is 0 Å². The summed E-state index contributed by atoms with van der Waals surface area (Å²) in [5.41, 5.74) is 2.16. The number of halogens is 2. The molecule has 0 radical (unpaired) electrons. The monoisotopic (exact) mass is 493 g/mol. The van der Waals surface area contributed by atoms with Gasteiger partial charge in [-0.05, 0) is 50.5 Å². The number of nitrogens with zero attached hydrogens (tertiary/aromatic N) is 2. The van der Waals surface area contributed by atoms with Gasteiger partial charge in [0.1, 0.15) is 11.6 Å². The van der Waals surface area contributed by atoms with Crippen molar-refractivity contribution >= 4 is 21.8 Å². The lowest BCUT2D eigenvalue weighted by Gasteiger charge is -2.34. The molecule has 1 aliphatic heterocycles. The van der Waals surface area contributed by atoms with Crippen LogP contribution in [-0.2, 0) is 14.8 Å². The minimum absolute atomic E-state index is 0.137. The van der Waals surface area contributed by atoms with Gasteiger partial charge in [0.05, 0.1) is 10.5 Å². The normalized spacial score (nSPS) is 14.8. The zero-order valence-corrected chi connectivity index (χ0v) is 20.3. The molecule has 1 saturated heterocycles. The highest BCUT2D eigenvalue weighted by Gasteiger charge is 2.32. The molecule has 2 aromatic rings. The molecular weight excluding hydrogens is 464 g/mol. The van der Waals surface area contributed by atoms with Crippen LogP contribution in [-0.4, -0.2) is 62.2 Å². The lowest BCUT2D eigenvalue weighted by Crippen LogP contribution is -2.50. The first-order chi connectivity index (χ1) is 16.0. The van der Waals surface area contributed by atoms with Gasteiger partial charge in [-0.25, -0.2) is 17.2 Å². The van der Waals surface area contributed by atoms with Crippen LogP contribution in [0.5, 0.6) is 0 Å². The summed E-state index contributed by atoms with van der Waals surface area (Å²) >= 11 is 0. The number of benzene rings is 2. The van der Waals surface area contributed by atoms with Gasteiger partial charge in [0, 0.05) is 45.2 Å². The summed E-state index contributed by atoms with van der Waals surface area (Å²) in [6, 6.07) is 6.41. The van der Waals surface area contributed by atoms with E-state index in [-0.39, 0.29) is 50.6 Å². The van der Waals surface area contributed by atoms with Gasteiger partial charge in [0.25, 0.3) is 5.91 Å². The Labute approximate surface area is 198 Å². The van der Waals surface area contributed by atoms with E-state index in [0.717, 1.165) is 17.7 Å². The number of nitrogens with one attached hydrogen (secondary N) is 1. The maximum Gasteiger partial charge on any atom is 0.254 e. The van der Waals surface area contributed by atoms with E-state index in [9.17, 15) is 26.8 Å². The van der Waals surface area contributed by atoms with Crippen molar-refractivity contribution in [1.29, 1.82) is 0 Å². The van der Waals surface area contributed by atoms with Crippen molar-refractivity contribution in [2.75, 3.05) is 32.7 Å². The molecule has 2 aromatic carbocycles. The molecule has 0 aromatic heterocycles. The number of carbonyl (C=O) groups is 2. The molecule has 0 unspecified atom stereocenters.